The Morgan fingerprint density at radius 2 is 1.46 bits per heavy atom. The summed E-state index contributed by atoms with van der Waals surface area (Å²) in [6, 6.07) is 12.5. The number of phenolic OH excluding ortho intramolecular Hbond substituents is 2. The van der Waals surface area contributed by atoms with Crippen LogP contribution in [0.25, 0.3) is 0 Å². The second kappa shape index (κ2) is 8.84. The van der Waals surface area contributed by atoms with Crippen LogP contribution < -0.4 is 0 Å². The summed E-state index contributed by atoms with van der Waals surface area (Å²) in [4.78, 5) is 0. The molecule has 0 radical (unpaired) electrons. The maximum atomic E-state index is 11.6. The van der Waals surface area contributed by atoms with Gasteiger partial charge >= 0.3 is 0 Å². The van der Waals surface area contributed by atoms with Gasteiger partial charge in [-0.15, -0.1) is 0 Å². The van der Waals surface area contributed by atoms with Gasteiger partial charge in [0.25, 0.3) is 10.1 Å². The Morgan fingerprint density at radius 1 is 0.923 bits per heavy atom. The Balaban J connectivity index is 1.96. The molecule has 6 nitrogen and oxygen atoms in total. The third-order valence-electron chi connectivity index (χ3n) is 4.06. The van der Waals surface area contributed by atoms with Crippen LogP contribution >= 0.6 is 0 Å². The third kappa shape index (κ3) is 6.18. The highest BCUT2D eigenvalue weighted by Crippen LogP contribution is 2.20. The number of hydrogen-bond donors (Lipinski definition) is 4. The zero-order chi connectivity index (χ0) is 19.2. The van der Waals surface area contributed by atoms with E-state index in [9.17, 15) is 28.3 Å². The molecule has 0 amide bonds. The van der Waals surface area contributed by atoms with Crippen LogP contribution in [0.3, 0.4) is 0 Å². The molecule has 0 saturated heterocycles. The maximum absolute atomic E-state index is 11.6. The topological polar surface area (TPSA) is 115 Å². The van der Waals surface area contributed by atoms with Crippen molar-refractivity contribution < 1.29 is 28.3 Å². The quantitative estimate of drug-likeness (QED) is 0.415. The molecule has 0 aliphatic rings. The van der Waals surface area contributed by atoms with Crippen LogP contribution in [0.15, 0.2) is 60.7 Å². The first-order valence-corrected chi connectivity index (χ1v) is 9.64. The number of aryl methyl sites for hydroxylation is 1. The summed E-state index contributed by atoms with van der Waals surface area (Å²) >= 11 is 0. The SMILES string of the molecule is O=S(=O)(O)C(C/C=C/C(O)c1ccc(O)cc1)CCc1ccc(O)cc1. The van der Waals surface area contributed by atoms with Crippen molar-refractivity contribution in [3.63, 3.8) is 0 Å². The molecule has 2 atom stereocenters. The highest BCUT2D eigenvalue weighted by atomic mass is 32.2. The lowest BCUT2D eigenvalue weighted by Crippen LogP contribution is -2.20. The number of aromatic hydroxyl groups is 2. The molecule has 2 rings (SSSR count). The van der Waals surface area contributed by atoms with Gasteiger partial charge in [-0.2, -0.15) is 8.42 Å². The Morgan fingerprint density at radius 3 is 2.00 bits per heavy atom. The molecule has 4 N–H and O–H groups in total. The predicted molar refractivity (Wildman–Crippen MR) is 98.6 cm³/mol. The molecule has 0 aliphatic heterocycles. The first-order valence-electron chi connectivity index (χ1n) is 8.13. The van der Waals surface area contributed by atoms with E-state index >= 15 is 0 Å². The number of rotatable bonds is 8. The van der Waals surface area contributed by atoms with Crippen molar-refractivity contribution in [1.29, 1.82) is 0 Å². The minimum atomic E-state index is -4.23. The monoisotopic (exact) mass is 378 g/mol. The molecule has 0 fully saturated rings. The zero-order valence-electron chi connectivity index (χ0n) is 14.1. The number of allylic oxidation sites excluding steroid dienone is 1. The highest BCUT2D eigenvalue weighted by molar-refractivity contribution is 7.86. The van der Waals surface area contributed by atoms with Crippen LogP contribution in [0.1, 0.15) is 30.1 Å². The molecular formula is C19H22O6S. The van der Waals surface area contributed by atoms with E-state index in [0.717, 1.165) is 5.56 Å². The number of hydrogen-bond acceptors (Lipinski definition) is 5. The van der Waals surface area contributed by atoms with Crippen LogP contribution in [0.5, 0.6) is 11.5 Å². The summed E-state index contributed by atoms with van der Waals surface area (Å²) in [5, 5.41) is 27.6. The summed E-state index contributed by atoms with van der Waals surface area (Å²) in [6.45, 7) is 0. The molecule has 2 aromatic rings. The molecule has 26 heavy (non-hydrogen) atoms. The van der Waals surface area contributed by atoms with Gasteiger partial charge in [-0.1, -0.05) is 36.4 Å². The minimum Gasteiger partial charge on any atom is -0.508 e. The van der Waals surface area contributed by atoms with Crippen LogP contribution in [0, 0.1) is 0 Å². The molecule has 0 aliphatic carbocycles. The molecular weight excluding hydrogens is 356 g/mol. The highest BCUT2D eigenvalue weighted by Gasteiger charge is 2.21. The molecule has 0 heterocycles. The van der Waals surface area contributed by atoms with Crippen molar-refractivity contribution in [3.05, 3.63) is 71.8 Å². The van der Waals surface area contributed by atoms with E-state index in [1.165, 1.54) is 36.4 Å². The standard InChI is InChI=1S/C19H22O6S/c20-16-9-4-14(5-10-16)6-13-18(26(23,24)25)2-1-3-19(22)15-7-11-17(21)12-8-15/h1,3-5,7-12,18-22H,2,6,13H2,(H,23,24,25)/b3-1+. The van der Waals surface area contributed by atoms with Crippen molar-refractivity contribution in [2.75, 3.05) is 0 Å². The smallest absolute Gasteiger partial charge is 0.268 e. The van der Waals surface area contributed by atoms with E-state index in [1.54, 1.807) is 24.3 Å². The lowest BCUT2D eigenvalue weighted by Gasteiger charge is -2.12. The van der Waals surface area contributed by atoms with E-state index < -0.39 is 21.5 Å². The maximum Gasteiger partial charge on any atom is 0.268 e. The van der Waals surface area contributed by atoms with Gasteiger partial charge in [-0.3, -0.25) is 4.55 Å². The van der Waals surface area contributed by atoms with Gasteiger partial charge in [0, 0.05) is 0 Å². The van der Waals surface area contributed by atoms with Gasteiger partial charge in [0.05, 0.1) is 11.4 Å². The summed E-state index contributed by atoms with van der Waals surface area (Å²) in [5.74, 6) is 0.219. The largest absolute Gasteiger partial charge is 0.508 e. The van der Waals surface area contributed by atoms with Gasteiger partial charge in [0.2, 0.25) is 0 Å². The second-order valence-corrected chi connectivity index (χ2v) is 7.74. The normalized spacial score (nSPS) is 14.4. The van der Waals surface area contributed by atoms with Gasteiger partial charge in [-0.05, 0) is 54.7 Å². The molecule has 0 saturated carbocycles. The Kier molecular flexibility index (Phi) is 6.79. The lowest BCUT2D eigenvalue weighted by molar-refractivity contribution is 0.228. The van der Waals surface area contributed by atoms with Crippen molar-refractivity contribution in [3.8, 4) is 11.5 Å². The van der Waals surface area contributed by atoms with Crippen LogP contribution in [-0.4, -0.2) is 33.5 Å². The van der Waals surface area contributed by atoms with Crippen molar-refractivity contribution >= 4 is 10.1 Å². The first-order chi connectivity index (χ1) is 12.3. The molecule has 7 heteroatoms. The third-order valence-corrected chi connectivity index (χ3v) is 5.34. The second-order valence-electron chi connectivity index (χ2n) is 6.04. The fourth-order valence-electron chi connectivity index (χ4n) is 2.52. The summed E-state index contributed by atoms with van der Waals surface area (Å²) in [5.41, 5.74) is 1.41. The average Bonchev–Trinajstić information content (AvgIpc) is 2.58. The Bertz CT molecular complexity index is 825. The molecule has 0 aromatic heterocycles. The van der Waals surface area contributed by atoms with Crippen molar-refractivity contribution in [2.24, 2.45) is 0 Å². The minimum absolute atomic E-state index is 0.0616. The number of aliphatic hydroxyl groups excluding tert-OH is 1. The molecule has 0 spiro atoms. The van der Waals surface area contributed by atoms with Crippen molar-refractivity contribution in [2.45, 2.75) is 30.6 Å². The Labute approximate surface area is 152 Å². The fraction of sp³-hybridized carbons (Fsp3) is 0.263. The van der Waals surface area contributed by atoms with E-state index in [0.29, 0.717) is 12.0 Å². The fourth-order valence-corrected chi connectivity index (χ4v) is 3.29. The predicted octanol–water partition coefficient (Wildman–Crippen LogP) is 2.97. The molecule has 0 bridgehead atoms. The average molecular weight is 378 g/mol. The van der Waals surface area contributed by atoms with Crippen LogP contribution in [0.4, 0.5) is 0 Å². The number of benzene rings is 2. The van der Waals surface area contributed by atoms with E-state index in [1.807, 2.05) is 0 Å². The van der Waals surface area contributed by atoms with Gasteiger partial charge in [0.15, 0.2) is 0 Å². The van der Waals surface area contributed by atoms with Gasteiger partial charge in [-0.25, -0.2) is 0 Å². The van der Waals surface area contributed by atoms with Crippen molar-refractivity contribution in [1.82, 2.24) is 0 Å². The number of phenols is 2. The van der Waals surface area contributed by atoms with Crippen LogP contribution in [-0.2, 0) is 16.5 Å². The van der Waals surface area contributed by atoms with E-state index in [-0.39, 0.29) is 24.3 Å². The molecule has 140 valence electrons. The first kappa shape index (κ1) is 20.0. The summed E-state index contributed by atoms with van der Waals surface area (Å²) in [6.07, 6.45) is 2.74. The van der Waals surface area contributed by atoms with Gasteiger partial charge < -0.3 is 15.3 Å². The van der Waals surface area contributed by atoms with Gasteiger partial charge in [0.1, 0.15) is 11.5 Å². The zero-order valence-corrected chi connectivity index (χ0v) is 14.9. The molecule has 2 aromatic carbocycles. The summed E-state index contributed by atoms with van der Waals surface area (Å²) < 4.78 is 32.6. The van der Waals surface area contributed by atoms with E-state index in [4.69, 9.17) is 0 Å². The lowest BCUT2D eigenvalue weighted by atomic mass is 10.1. The molecule has 2 unspecified atom stereocenters. The van der Waals surface area contributed by atoms with Crippen LogP contribution in [0.2, 0.25) is 0 Å². The number of aliphatic hydroxyl groups is 1. The Hall–Kier alpha value is -2.35. The summed E-state index contributed by atoms with van der Waals surface area (Å²) in [7, 11) is -4.23. The van der Waals surface area contributed by atoms with E-state index in [2.05, 4.69) is 0 Å².